The first kappa shape index (κ1) is 13.9. The molecule has 0 bridgehead atoms. The average molecular weight is 281 g/mol. The summed E-state index contributed by atoms with van der Waals surface area (Å²) in [7, 11) is -3.49. The van der Waals surface area contributed by atoms with Crippen molar-refractivity contribution in [2.45, 2.75) is 31.7 Å². The van der Waals surface area contributed by atoms with Crippen LogP contribution in [-0.4, -0.2) is 30.3 Å². The van der Waals surface area contributed by atoms with Crippen LogP contribution in [0.25, 0.3) is 10.9 Å². The molecule has 1 aromatic heterocycles. The van der Waals surface area contributed by atoms with E-state index < -0.39 is 10.0 Å². The van der Waals surface area contributed by atoms with E-state index >= 15 is 0 Å². The van der Waals surface area contributed by atoms with E-state index in [0.29, 0.717) is 22.5 Å². The lowest BCUT2D eigenvalue weighted by Gasteiger charge is -2.23. The van der Waals surface area contributed by atoms with Crippen molar-refractivity contribution in [1.82, 2.24) is 9.29 Å². The number of nitrogens with one attached hydrogen (secondary N) is 1. The minimum atomic E-state index is -3.49. The maximum Gasteiger partial charge on any atom is 0.245 e. The van der Waals surface area contributed by atoms with Gasteiger partial charge < -0.3 is 10.7 Å². The Morgan fingerprint density at radius 2 is 2.05 bits per heavy atom. The van der Waals surface area contributed by atoms with Gasteiger partial charge in [0.15, 0.2) is 0 Å². The van der Waals surface area contributed by atoms with Crippen LogP contribution in [0.4, 0.5) is 5.69 Å². The van der Waals surface area contributed by atoms with Crippen LogP contribution in [0.2, 0.25) is 0 Å². The summed E-state index contributed by atoms with van der Waals surface area (Å²) in [5.41, 5.74) is 7.04. The molecule has 1 aromatic carbocycles. The second-order valence-electron chi connectivity index (χ2n) is 4.76. The fourth-order valence-electron chi connectivity index (χ4n) is 2.27. The number of nitrogens with two attached hydrogens (primary N) is 1. The van der Waals surface area contributed by atoms with Crippen LogP contribution in [0.3, 0.4) is 0 Å². The number of nitrogen functional groups attached to an aromatic ring is 1. The van der Waals surface area contributed by atoms with E-state index in [1.807, 2.05) is 20.8 Å². The summed E-state index contributed by atoms with van der Waals surface area (Å²) >= 11 is 0. The van der Waals surface area contributed by atoms with Gasteiger partial charge >= 0.3 is 0 Å². The number of H-pyrrole nitrogens is 1. The van der Waals surface area contributed by atoms with Crippen LogP contribution in [0.1, 0.15) is 20.8 Å². The predicted molar refractivity (Wildman–Crippen MR) is 77.4 cm³/mol. The molecule has 0 unspecified atom stereocenters. The molecule has 6 heteroatoms. The molecule has 104 valence electrons. The summed E-state index contributed by atoms with van der Waals surface area (Å²) in [5, 5.41) is 0.674. The van der Waals surface area contributed by atoms with Crippen molar-refractivity contribution < 1.29 is 8.42 Å². The third-order valence-electron chi connectivity index (χ3n) is 3.14. The molecule has 2 aromatic rings. The molecule has 0 aliphatic heterocycles. The molecule has 3 N–H and O–H groups in total. The summed E-state index contributed by atoms with van der Waals surface area (Å²) in [6, 6.07) is 5.11. The van der Waals surface area contributed by atoms with Gasteiger partial charge in [-0.25, -0.2) is 8.42 Å². The van der Waals surface area contributed by atoms with Gasteiger partial charge in [0.1, 0.15) is 4.90 Å². The molecule has 1 heterocycles. The molecule has 0 radical (unpaired) electrons. The van der Waals surface area contributed by atoms with Crippen molar-refractivity contribution >= 4 is 26.6 Å². The monoisotopic (exact) mass is 281 g/mol. The van der Waals surface area contributed by atoms with Gasteiger partial charge in [-0.15, -0.1) is 0 Å². The second-order valence-corrected chi connectivity index (χ2v) is 6.62. The Morgan fingerprint density at radius 3 is 2.63 bits per heavy atom. The Bertz CT molecular complexity index is 689. The van der Waals surface area contributed by atoms with Gasteiger partial charge in [-0.2, -0.15) is 4.31 Å². The molecular weight excluding hydrogens is 262 g/mol. The summed E-state index contributed by atoms with van der Waals surface area (Å²) in [5.74, 6) is 0. The van der Waals surface area contributed by atoms with Crippen molar-refractivity contribution in [3.63, 3.8) is 0 Å². The van der Waals surface area contributed by atoms with E-state index in [1.165, 1.54) is 10.5 Å². The number of rotatable bonds is 4. The predicted octanol–water partition coefficient (Wildman–Crippen LogP) is 2.17. The largest absolute Gasteiger partial charge is 0.399 e. The minimum absolute atomic E-state index is 0.0752. The number of benzene rings is 1. The van der Waals surface area contributed by atoms with E-state index in [0.717, 1.165) is 5.52 Å². The van der Waals surface area contributed by atoms with Crippen LogP contribution in [-0.2, 0) is 10.0 Å². The highest BCUT2D eigenvalue weighted by Crippen LogP contribution is 2.27. The lowest BCUT2D eigenvalue weighted by molar-refractivity contribution is 0.369. The van der Waals surface area contributed by atoms with Crippen molar-refractivity contribution in [3.05, 3.63) is 24.4 Å². The Morgan fingerprint density at radius 1 is 1.37 bits per heavy atom. The van der Waals surface area contributed by atoms with Crippen molar-refractivity contribution in [3.8, 4) is 0 Å². The highest BCUT2D eigenvalue weighted by molar-refractivity contribution is 7.89. The number of aromatic amines is 1. The normalized spacial score (nSPS) is 12.7. The first-order valence-corrected chi connectivity index (χ1v) is 7.70. The highest BCUT2D eigenvalue weighted by Gasteiger charge is 2.27. The third kappa shape index (κ3) is 2.33. The number of nitrogens with zero attached hydrogens (tertiary/aromatic N) is 1. The maximum atomic E-state index is 12.6. The standard InChI is InChI=1S/C13H19N3O2S/c1-4-16(9(2)3)19(17,18)13-8-15-12-7-10(14)5-6-11(12)13/h5-9,15H,4,14H2,1-3H3. The Hall–Kier alpha value is -1.53. The van der Waals surface area contributed by atoms with E-state index in [2.05, 4.69) is 4.98 Å². The Labute approximate surface area is 113 Å². The molecule has 5 nitrogen and oxygen atoms in total. The lowest BCUT2D eigenvalue weighted by atomic mass is 10.2. The zero-order chi connectivity index (χ0) is 14.2. The minimum Gasteiger partial charge on any atom is -0.399 e. The molecular formula is C13H19N3O2S. The molecule has 0 saturated carbocycles. The fraction of sp³-hybridized carbons (Fsp3) is 0.385. The van der Waals surface area contributed by atoms with Gasteiger partial charge in [-0.1, -0.05) is 6.92 Å². The topological polar surface area (TPSA) is 79.2 Å². The van der Waals surface area contributed by atoms with Crippen molar-refractivity contribution in [1.29, 1.82) is 0 Å². The maximum absolute atomic E-state index is 12.6. The number of sulfonamides is 1. The van der Waals surface area contributed by atoms with Gasteiger partial charge in [0, 0.05) is 35.4 Å². The first-order chi connectivity index (χ1) is 8.87. The van der Waals surface area contributed by atoms with E-state index in [9.17, 15) is 8.42 Å². The zero-order valence-electron chi connectivity index (χ0n) is 11.3. The smallest absolute Gasteiger partial charge is 0.245 e. The van der Waals surface area contributed by atoms with Gasteiger partial charge in [-0.05, 0) is 32.0 Å². The van der Waals surface area contributed by atoms with Crippen LogP contribution in [0.5, 0.6) is 0 Å². The molecule has 0 aliphatic rings. The first-order valence-electron chi connectivity index (χ1n) is 6.26. The molecule has 19 heavy (non-hydrogen) atoms. The number of hydrogen-bond donors (Lipinski definition) is 2. The third-order valence-corrected chi connectivity index (χ3v) is 5.33. The van der Waals surface area contributed by atoms with E-state index in [-0.39, 0.29) is 6.04 Å². The molecule has 0 fully saturated rings. The quantitative estimate of drug-likeness (QED) is 0.843. The van der Waals surface area contributed by atoms with Crippen LogP contribution >= 0.6 is 0 Å². The van der Waals surface area contributed by atoms with Crippen molar-refractivity contribution in [2.24, 2.45) is 0 Å². The van der Waals surface area contributed by atoms with E-state index in [4.69, 9.17) is 5.73 Å². The number of aromatic nitrogens is 1. The molecule has 0 atom stereocenters. The molecule has 0 amide bonds. The lowest BCUT2D eigenvalue weighted by Crippen LogP contribution is -2.36. The Balaban J connectivity index is 2.61. The van der Waals surface area contributed by atoms with Gasteiger partial charge in [0.05, 0.1) is 0 Å². The highest BCUT2D eigenvalue weighted by atomic mass is 32.2. The van der Waals surface area contributed by atoms with Gasteiger partial charge in [-0.3, -0.25) is 0 Å². The summed E-state index contributed by atoms with van der Waals surface area (Å²) < 4.78 is 26.8. The summed E-state index contributed by atoms with van der Waals surface area (Å²) in [6.45, 7) is 6.02. The van der Waals surface area contributed by atoms with Gasteiger partial charge in [0.2, 0.25) is 10.0 Å². The number of hydrogen-bond acceptors (Lipinski definition) is 3. The Kier molecular flexibility index (Phi) is 3.56. The molecule has 0 spiro atoms. The second kappa shape index (κ2) is 4.86. The fourth-order valence-corrected chi connectivity index (χ4v) is 4.08. The zero-order valence-corrected chi connectivity index (χ0v) is 12.2. The molecule has 0 saturated heterocycles. The van der Waals surface area contributed by atoms with Crippen LogP contribution in [0.15, 0.2) is 29.3 Å². The number of anilines is 1. The molecule has 2 rings (SSSR count). The van der Waals surface area contributed by atoms with Crippen molar-refractivity contribution in [2.75, 3.05) is 12.3 Å². The van der Waals surface area contributed by atoms with Crippen LogP contribution in [0, 0.1) is 0 Å². The van der Waals surface area contributed by atoms with Gasteiger partial charge in [0.25, 0.3) is 0 Å². The summed E-state index contributed by atoms with van der Waals surface area (Å²) in [4.78, 5) is 3.27. The molecule has 0 aliphatic carbocycles. The van der Waals surface area contributed by atoms with Crippen LogP contribution < -0.4 is 5.73 Å². The SMILES string of the molecule is CCN(C(C)C)S(=O)(=O)c1c[nH]c2cc(N)ccc12. The summed E-state index contributed by atoms with van der Waals surface area (Å²) in [6.07, 6.45) is 1.53. The average Bonchev–Trinajstić information content (AvgIpc) is 2.72. The number of fused-ring (bicyclic) bond motifs is 1. The van der Waals surface area contributed by atoms with E-state index in [1.54, 1.807) is 18.2 Å².